The van der Waals surface area contributed by atoms with Crippen LogP contribution in [0.1, 0.15) is 0 Å². The van der Waals surface area contributed by atoms with Crippen LogP contribution in [0.3, 0.4) is 0 Å². The molecule has 0 aliphatic heterocycles. The molecule has 0 aromatic heterocycles. The first-order valence-electron chi connectivity index (χ1n) is 0.378. The Hall–Kier alpha value is 1.66. The van der Waals surface area contributed by atoms with Gasteiger partial charge in [0.1, 0.15) is 0 Å². The first-order valence-corrected chi connectivity index (χ1v) is 2.54. The molecule has 0 unspecified atom stereocenters. The Balaban J connectivity index is 0. The summed E-state index contributed by atoms with van der Waals surface area (Å²) in [4.78, 5) is 0. The first-order chi connectivity index (χ1) is 1.41. The zero-order chi connectivity index (χ0) is 2.71. The maximum absolute atomic E-state index is 9.80. The van der Waals surface area contributed by atoms with Gasteiger partial charge in [-0.1, -0.05) is 0 Å². The van der Waals surface area contributed by atoms with Crippen LogP contribution in [0.2, 0.25) is 0 Å². The van der Waals surface area contributed by atoms with Gasteiger partial charge in [-0.2, -0.15) is 0 Å². The second kappa shape index (κ2) is 8.82. The van der Waals surface area contributed by atoms with Crippen molar-refractivity contribution >= 4 is 51.8 Å². The Morgan fingerprint density at radius 1 is 1.25 bits per heavy atom. The quantitative estimate of drug-likeness (QED) is 0.462. The molecule has 0 N–H and O–H groups in total. The molecule has 3 radical (unpaired) electrons. The summed E-state index contributed by atoms with van der Waals surface area (Å²) in [6.45, 7) is 0. The molecule has 0 atom stereocenters. The molecule has 0 saturated heterocycles. The van der Waals surface area contributed by atoms with Crippen LogP contribution in [0.25, 0.3) is 0 Å². The summed E-state index contributed by atoms with van der Waals surface area (Å²) in [5.41, 5.74) is 0. The van der Waals surface area contributed by atoms with Crippen molar-refractivity contribution < 1.29 is 5.73 Å². The molecule has 19 valence electrons. The van der Waals surface area contributed by atoms with Crippen LogP contribution < -0.4 is 0 Å². The fourth-order valence-electron chi connectivity index (χ4n) is 0. The van der Waals surface area contributed by atoms with Gasteiger partial charge in [0, 0.05) is 29.6 Å². The van der Waals surface area contributed by atoms with Gasteiger partial charge >= 0.3 is 28.0 Å². The SMILES string of the molecule is [F][Sn][F].[Na]. The molecule has 0 aromatic rings. The number of halogens is 2. The zero-order valence-electron chi connectivity index (χ0n) is 2.26. The van der Waals surface area contributed by atoms with E-state index in [1.165, 1.54) is 0 Å². The van der Waals surface area contributed by atoms with Crippen LogP contribution in [0, 0.1) is 0 Å². The van der Waals surface area contributed by atoms with Crippen LogP contribution >= 0.6 is 0 Å². The van der Waals surface area contributed by atoms with Gasteiger partial charge < -0.3 is 0 Å². The fraction of sp³-hybridized carbons (Fsp3) is 0. The molecular weight excluding hydrogens is 180 g/mol. The minimum absolute atomic E-state index is 0. The Morgan fingerprint density at radius 3 is 1.25 bits per heavy atom. The topological polar surface area (TPSA) is 0 Å². The summed E-state index contributed by atoms with van der Waals surface area (Å²) >= 11 is -2.77. The molecule has 0 heterocycles. The molecule has 4 heavy (non-hydrogen) atoms. The van der Waals surface area contributed by atoms with Crippen LogP contribution in [0.15, 0.2) is 0 Å². The van der Waals surface area contributed by atoms with E-state index < -0.39 is 22.3 Å². The molecule has 0 rings (SSSR count). The van der Waals surface area contributed by atoms with Gasteiger partial charge in [-0.25, -0.2) is 0 Å². The summed E-state index contributed by atoms with van der Waals surface area (Å²) in [7, 11) is 0. The predicted octanol–water partition coefficient (Wildman–Crippen LogP) is 0.0788. The van der Waals surface area contributed by atoms with Crippen molar-refractivity contribution in [1.82, 2.24) is 0 Å². The maximum atomic E-state index is 9.80. The molecule has 0 amide bonds. The van der Waals surface area contributed by atoms with Gasteiger partial charge in [0.15, 0.2) is 0 Å². The van der Waals surface area contributed by atoms with Crippen LogP contribution in [0.5, 0.6) is 0 Å². The molecule has 0 fully saturated rings. The molecule has 0 aromatic carbocycles. The van der Waals surface area contributed by atoms with Crippen molar-refractivity contribution in [3.63, 3.8) is 0 Å². The third kappa shape index (κ3) is 9.40. The van der Waals surface area contributed by atoms with E-state index in [4.69, 9.17) is 0 Å². The monoisotopic (exact) mass is 181 g/mol. The van der Waals surface area contributed by atoms with Crippen molar-refractivity contribution in [2.75, 3.05) is 0 Å². The molecule has 0 aliphatic rings. The summed E-state index contributed by atoms with van der Waals surface area (Å²) < 4.78 is 19.6. The van der Waals surface area contributed by atoms with Gasteiger partial charge in [-0.15, -0.1) is 0 Å². The standard InChI is InChI=1S/2FH.Na.Sn/h2*1H;;/q;;;+2/p-2. The van der Waals surface area contributed by atoms with E-state index in [9.17, 15) is 5.73 Å². The molecule has 0 nitrogen and oxygen atoms in total. The first kappa shape index (κ1) is 9.17. The normalized spacial score (nSPS) is 4.50. The number of hydrogen-bond donors (Lipinski definition) is 0. The Bertz CT molecular complexity index is 6.00. The maximum Gasteiger partial charge on any atom is 0 e. The number of rotatable bonds is 0. The molecule has 0 saturated carbocycles. The molecule has 0 spiro atoms. The molecule has 4 heteroatoms. The Labute approximate surface area is 57.0 Å². The second-order valence-corrected chi connectivity index (χ2v) is 0.479. The second-order valence-electron chi connectivity index (χ2n) is 0.0714. The summed E-state index contributed by atoms with van der Waals surface area (Å²) in [6.07, 6.45) is 0. The van der Waals surface area contributed by atoms with E-state index in [1.54, 1.807) is 0 Å². The minimum atomic E-state index is -2.77. The van der Waals surface area contributed by atoms with Crippen molar-refractivity contribution in [1.29, 1.82) is 0 Å². The van der Waals surface area contributed by atoms with Crippen molar-refractivity contribution in [2.45, 2.75) is 0 Å². The van der Waals surface area contributed by atoms with Gasteiger partial charge in [0.25, 0.3) is 0 Å². The average molecular weight is 180 g/mol. The van der Waals surface area contributed by atoms with Crippen molar-refractivity contribution in [2.24, 2.45) is 0 Å². The Kier molecular flexibility index (Phi) is 20.2. The van der Waals surface area contributed by atoms with Crippen molar-refractivity contribution in [3.05, 3.63) is 0 Å². The van der Waals surface area contributed by atoms with Crippen LogP contribution in [0.4, 0.5) is 5.73 Å². The van der Waals surface area contributed by atoms with Gasteiger partial charge in [0.05, 0.1) is 0 Å². The zero-order valence-corrected chi connectivity index (χ0v) is 7.11. The van der Waals surface area contributed by atoms with Crippen LogP contribution in [-0.2, 0) is 0 Å². The van der Waals surface area contributed by atoms with Gasteiger partial charge in [0.2, 0.25) is 0 Å². The van der Waals surface area contributed by atoms with E-state index in [2.05, 4.69) is 0 Å². The van der Waals surface area contributed by atoms with Gasteiger partial charge in [-0.3, -0.25) is 0 Å². The van der Waals surface area contributed by atoms with E-state index in [0.29, 0.717) is 0 Å². The largest absolute Gasteiger partial charge is 0 e. The summed E-state index contributed by atoms with van der Waals surface area (Å²) in [5, 5.41) is 0. The summed E-state index contributed by atoms with van der Waals surface area (Å²) in [5.74, 6) is 0. The summed E-state index contributed by atoms with van der Waals surface area (Å²) in [6, 6.07) is 0. The minimum Gasteiger partial charge on any atom is 0 e. The van der Waals surface area contributed by atoms with Crippen molar-refractivity contribution in [3.8, 4) is 0 Å². The van der Waals surface area contributed by atoms with Gasteiger partial charge in [-0.05, 0) is 0 Å². The average Bonchev–Trinajstić information content (AvgIpc) is 0.918. The predicted molar refractivity (Wildman–Crippen MR) is 13.7 cm³/mol. The third-order valence-corrected chi connectivity index (χ3v) is 0. The molecule has 0 aliphatic carbocycles. The van der Waals surface area contributed by atoms with E-state index in [0.717, 1.165) is 0 Å². The number of hydrogen-bond acceptors (Lipinski definition) is 0. The van der Waals surface area contributed by atoms with E-state index >= 15 is 0 Å². The molecular formula is F2NaSn. The smallest absolute Gasteiger partial charge is 0 e. The fourth-order valence-corrected chi connectivity index (χ4v) is 0. The van der Waals surface area contributed by atoms with Crippen LogP contribution in [-0.4, -0.2) is 51.8 Å². The third-order valence-electron chi connectivity index (χ3n) is 0. The van der Waals surface area contributed by atoms with E-state index in [1.807, 2.05) is 0 Å². The van der Waals surface area contributed by atoms with E-state index in [-0.39, 0.29) is 29.6 Å². The Morgan fingerprint density at radius 2 is 1.25 bits per heavy atom. The molecule has 0 bridgehead atoms.